The quantitative estimate of drug-likeness (QED) is 0.597. The highest BCUT2D eigenvalue weighted by Crippen LogP contribution is 2.40. The standard InChI is InChI=1S/C16H19NO2/c1-12(18)19-17-15-11-7-10-14(16(15,2)3)13-8-5-4-6-9-13/h4-6,8-10H,7,11H2,1-3H3/b17-15+. The van der Waals surface area contributed by atoms with Crippen molar-refractivity contribution < 1.29 is 9.63 Å². The predicted molar refractivity (Wildman–Crippen MR) is 76.6 cm³/mol. The van der Waals surface area contributed by atoms with Gasteiger partial charge in [0, 0.05) is 12.3 Å². The van der Waals surface area contributed by atoms with E-state index in [0.29, 0.717) is 0 Å². The van der Waals surface area contributed by atoms with Crippen LogP contribution >= 0.6 is 0 Å². The van der Waals surface area contributed by atoms with Crippen molar-refractivity contribution in [1.29, 1.82) is 0 Å². The summed E-state index contributed by atoms with van der Waals surface area (Å²) in [5.41, 5.74) is 3.15. The maximum atomic E-state index is 10.9. The Morgan fingerprint density at radius 3 is 2.58 bits per heavy atom. The van der Waals surface area contributed by atoms with Crippen LogP contribution in [0.2, 0.25) is 0 Å². The van der Waals surface area contributed by atoms with Gasteiger partial charge in [-0.2, -0.15) is 0 Å². The molecular formula is C16H19NO2. The van der Waals surface area contributed by atoms with E-state index in [9.17, 15) is 4.79 Å². The minimum atomic E-state index is -0.376. The lowest BCUT2D eigenvalue weighted by atomic mass is 9.71. The Morgan fingerprint density at radius 1 is 1.26 bits per heavy atom. The lowest BCUT2D eigenvalue weighted by molar-refractivity contribution is -0.141. The lowest BCUT2D eigenvalue weighted by Gasteiger charge is -2.33. The molecule has 0 saturated heterocycles. The second kappa shape index (κ2) is 5.39. The summed E-state index contributed by atoms with van der Waals surface area (Å²) in [5.74, 6) is -0.376. The van der Waals surface area contributed by atoms with Crippen molar-refractivity contribution in [3.63, 3.8) is 0 Å². The van der Waals surface area contributed by atoms with Crippen LogP contribution in [0.15, 0.2) is 41.6 Å². The third kappa shape index (κ3) is 2.92. The van der Waals surface area contributed by atoms with Crippen molar-refractivity contribution in [2.45, 2.75) is 33.6 Å². The maximum Gasteiger partial charge on any atom is 0.331 e. The van der Waals surface area contributed by atoms with Gasteiger partial charge >= 0.3 is 5.97 Å². The van der Waals surface area contributed by atoms with E-state index in [-0.39, 0.29) is 11.4 Å². The molecule has 0 aromatic heterocycles. The molecule has 100 valence electrons. The van der Waals surface area contributed by atoms with Crippen LogP contribution in [-0.2, 0) is 9.63 Å². The summed E-state index contributed by atoms with van der Waals surface area (Å²) in [6.07, 6.45) is 4.01. The summed E-state index contributed by atoms with van der Waals surface area (Å²) in [5, 5.41) is 4.04. The van der Waals surface area contributed by atoms with Crippen molar-refractivity contribution in [2.24, 2.45) is 10.6 Å². The Kier molecular flexibility index (Phi) is 3.84. The van der Waals surface area contributed by atoms with Crippen LogP contribution in [0.25, 0.3) is 5.57 Å². The minimum Gasteiger partial charge on any atom is -0.319 e. The topological polar surface area (TPSA) is 38.7 Å². The average Bonchev–Trinajstić information content (AvgIpc) is 2.37. The van der Waals surface area contributed by atoms with E-state index in [1.165, 1.54) is 18.1 Å². The predicted octanol–water partition coefficient (Wildman–Crippen LogP) is 3.81. The van der Waals surface area contributed by atoms with Gasteiger partial charge in [-0.1, -0.05) is 55.4 Å². The summed E-state index contributed by atoms with van der Waals surface area (Å²) in [6, 6.07) is 10.3. The average molecular weight is 257 g/mol. The highest BCUT2D eigenvalue weighted by molar-refractivity contribution is 6.02. The van der Waals surface area contributed by atoms with Gasteiger partial charge in [-0.15, -0.1) is 0 Å². The first-order valence-electron chi connectivity index (χ1n) is 6.53. The number of rotatable bonds is 2. The van der Waals surface area contributed by atoms with E-state index in [1.807, 2.05) is 18.2 Å². The zero-order valence-corrected chi connectivity index (χ0v) is 11.6. The fourth-order valence-electron chi connectivity index (χ4n) is 2.45. The molecule has 0 N–H and O–H groups in total. The molecule has 3 heteroatoms. The highest BCUT2D eigenvalue weighted by atomic mass is 16.7. The molecular weight excluding hydrogens is 238 g/mol. The summed E-state index contributed by atoms with van der Waals surface area (Å²) in [4.78, 5) is 15.7. The number of carbonyl (C=O) groups excluding carboxylic acids is 1. The fourth-order valence-corrected chi connectivity index (χ4v) is 2.45. The van der Waals surface area contributed by atoms with Crippen LogP contribution < -0.4 is 0 Å². The Bertz CT molecular complexity index is 527. The van der Waals surface area contributed by atoms with Gasteiger partial charge in [-0.25, -0.2) is 4.79 Å². The summed E-state index contributed by atoms with van der Waals surface area (Å²) in [6.45, 7) is 5.61. The van der Waals surface area contributed by atoms with Crippen LogP contribution in [0, 0.1) is 5.41 Å². The highest BCUT2D eigenvalue weighted by Gasteiger charge is 2.33. The first kappa shape index (κ1) is 13.5. The second-order valence-corrected chi connectivity index (χ2v) is 5.27. The summed E-state index contributed by atoms with van der Waals surface area (Å²) in [7, 11) is 0. The minimum absolute atomic E-state index is 0.213. The normalized spacial score (nSPS) is 19.9. The van der Waals surface area contributed by atoms with Gasteiger partial charge in [0.2, 0.25) is 0 Å². The SMILES string of the molecule is CC(=O)O/N=C1\CCC=C(c2ccccc2)C1(C)C. The van der Waals surface area contributed by atoms with E-state index in [0.717, 1.165) is 18.6 Å². The van der Waals surface area contributed by atoms with Crippen LogP contribution in [0.1, 0.15) is 39.2 Å². The molecule has 0 bridgehead atoms. The van der Waals surface area contributed by atoms with E-state index < -0.39 is 0 Å². The van der Waals surface area contributed by atoms with E-state index in [4.69, 9.17) is 4.84 Å². The second-order valence-electron chi connectivity index (χ2n) is 5.27. The molecule has 19 heavy (non-hydrogen) atoms. The van der Waals surface area contributed by atoms with Crippen LogP contribution in [0.5, 0.6) is 0 Å². The van der Waals surface area contributed by atoms with Crippen molar-refractivity contribution in [3.05, 3.63) is 42.0 Å². The van der Waals surface area contributed by atoms with E-state index >= 15 is 0 Å². The molecule has 0 aliphatic heterocycles. The van der Waals surface area contributed by atoms with Gasteiger partial charge in [0.1, 0.15) is 0 Å². The molecule has 0 radical (unpaired) electrons. The molecule has 0 fully saturated rings. The fraction of sp³-hybridized carbons (Fsp3) is 0.375. The largest absolute Gasteiger partial charge is 0.331 e. The molecule has 0 spiro atoms. The number of nitrogens with zero attached hydrogens (tertiary/aromatic N) is 1. The number of allylic oxidation sites excluding steroid dienone is 2. The Hall–Kier alpha value is -1.90. The maximum absolute atomic E-state index is 10.9. The monoisotopic (exact) mass is 257 g/mol. The number of hydrogen-bond donors (Lipinski definition) is 0. The molecule has 0 amide bonds. The summed E-state index contributed by atoms with van der Waals surface area (Å²) >= 11 is 0. The van der Waals surface area contributed by atoms with Gasteiger partial charge in [-0.3, -0.25) is 0 Å². The Balaban J connectivity index is 2.34. The Labute approximate surface area is 114 Å². The van der Waals surface area contributed by atoms with Crippen molar-refractivity contribution in [2.75, 3.05) is 0 Å². The molecule has 1 aromatic rings. The molecule has 0 saturated carbocycles. The molecule has 3 nitrogen and oxygen atoms in total. The summed E-state index contributed by atoms with van der Waals surface area (Å²) < 4.78 is 0. The van der Waals surface area contributed by atoms with E-state index in [2.05, 4.69) is 37.2 Å². The van der Waals surface area contributed by atoms with Gasteiger partial charge in [0.25, 0.3) is 0 Å². The first-order valence-corrected chi connectivity index (χ1v) is 6.53. The zero-order chi connectivity index (χ0) is 13.9. The molecule has 0 atom stereocenters. The van der Waals surface area contributed by atoms with Crippen LogP contribution in [0.4, 0.5) is 0 Å². The molecule has 2 rings (SSSR count). The number of benzene rings is 1. The lowest BCUT2D eigenvalue weighted by Crippen LogP contribution is -2.29. The van der Waals surface area contributed by atoms with Gasteiger partial charge < -0.3 is 4.84 Å². The molecule has 1 aliphatic rings. The van der Waals surface area contributed by atoms with Gasteiger partial charge in [0.05, 0.1) is 5.71 Å². The third-order valence-electron chi connectivity index (χ3n) is 3.49. The molecule has 0 heterocycles. The van der Waals surface area contributed by atoms with Crippen molar-refractivity contribution in [3.8, 4) is 0 Å². The van der Waals surface area contributed by atoms with Gasteiger partial charge in [0.15, 0.2) is 0 Å². The molecule has 1 aromatic carbocycles. The third-order valence-corrected chi connectivity index (χ3v) is 3.49. The number of carbonyl (C=O) groups is 1. The molecule has 0 unspecified atom stereocenters. The van der Waals surface area contributed by atoms with Crippen molar-refractivity contribution >= 4 is 17.3 Å². The first-order chi connectivity index (χ1) is 9.01. The number of oxime groups is 1. The molecule has 1 aliphatic carbocycles. The zero-order valence-electron chi connectivity index (χ0n) is 11.6. The Morgan fingerprint density at radius 2 is 1.95 bits per heavy atom. The smallest absolute Gasteiger partial charge is 0.319 e. The van der Waals surface area contributed by atoms with Crippen LogP contribution in [0.3, 0.4) is 0 Å². The van der Waals surface area contributed by atoms with Crippen LogP contribution in [-0.4, -0.2) is 11.7 Å². The van der Waals surface area contributed by atoms with Crippen molar-refractivity contribution in [1.82, 2.24) is 0 Å². The van der Waals surface area contributed by atoms with E-state index in [1.54, 1.807) is 0 Å². The van der Waals surface area contributed by atoms with Gasteiger partial charge in [-0.05, 0) is 24.0 Å². The number of hydrogen-bond acceptors (Lipinski definition) is 3.